The lowest BCUT2D eigenvalue weighted by Gasteiger charge is -2.35. The van der Waals surface area contributed by atoms with Crippen molar-refractivity contribution < 1.29 is 97.6 Å². The molecule has 0 fully saturated rings. The van der Waals surface area contributed by atoms with Crippen molar-refractivity contribution in [3.05, 3.63) is 238 Å². The van der Waals surface area contributed by atoms with E-state index in [1.54, 1.807) is 69.3 Å². The Hall–Kier alpha value is -11.1. The van der Waals surface area contributed by atoms with Crippen molar-refractivity contribution in [1.82, 2.24) is 15.1 Å². The monoisotopic (exact) mass is 1550 g/mol. The highest BCUT2D eigenvalue weighted by Crippen LogP contribution is 2.53. The normalized spacial score (nSPS) is 13.2. The first-order chi connectivity index (χ1) is 52.6. The number of halogens is 9. The topological polar surface area (TPSA) is 314 Å². The Morgan fingerprint density at radius 2 is 0.820 bits per heavy atom. The van der Waals surface area contributed by atoms with E-state index in [2.05, 4.69) is 36.4 Å². The number of ketones is 2. The van der Waals surface area contributed by atoms with Crippen LogP contribution in [-0.4, -0.2) is 131 Å². The number of benzene rings is 7. The third-order valence-electron chi connectivity index (χ3n) is 17.3. The number of hydrogen-bond donors (Lipinski definition) is 6. The van der Waals surface area contributed by atoms with Gasteiger partial charge in [0.05, 0.1) is 0 Å². The summed E-state index contributed by atoms with van der Waals surface area (Å²) in [5.74, 6) is -3.99. The summed E-state index contributed by atoms with van der Waals surface area (Å²) >= 11 is 0. The Bertz CT molecular complexity index is 4170. The van der Waals surface area contributed by atoms with Crippen LogP contribution in [0.25, 0.3) is 0 Å². The maximum atomic E-state index is 13.8. The number of alkyl halides is 9. The van der Waals surface area contributed by atoms with E-state index in [1.807, 2.05) is 91.0 Å². The molecular weight excluding hydrogens is 1460 g/mol. The van der Waals surface area contributed by atoms with Crippen molar-refractivity contribution in [3.8, 4) is 0 Å². The summed E-state index contributed by atoms with van der Waals surface area (Å²) in [6.45, 7) is 5.40. The molecule has 0 spiro atoms. The number of anilines is 2. The maximum Gasteiger partial charge on any atom is 0.490 e. The summed E-state index contributed by atoms with van der Waals surface area (Å²) in [5.41, 5.74) is 4.41. The van der Waals surface area contributed by atoms with E-state index >= 15 is 0 Å². The number of nitrogens with zero attached hydrogens (tertiary/aromatic N) is 6. The molecule has 2 aliphatic heterocycles. The lowest BCUT2D eigenvalue weighted by molar-refractivity contribution is -0.192. The molecule has 9 rings (SSSR count). The van der Waals surface area contributed by atoms with E-state index in [1.165, 1.54) is 58.3 Å². The molecule has 0 unspecified atom stereocenters. The van der Waals surface area contributed by atoms with Gasteiger partial charge in [0, 0.05) is 98.6 Å². The third-order valence-corrected chi connectivity index (χ3v) is 17.3. The zero-order valence-electron chi connectivity index (χ0n) is 61.2. The van der Waals surface area contributed by atoms with Crippen LogP contribution in [0.3, 0.4) is 0 Å². The molecule has 0 radical (unpaired) electrons. The van der Waals surface area contributed by atoms with Crippen LogP contribution in [-0.2, 0) is 63.5 Å². The molecule has 0 aromatic heterocycles. The van der Waals surface area contributed by atoms with Gasteiger partial charge >= 0.3 is 41.9 Å². The Balaban J connectivity index is 0.000000314. The molecular formula is C80H87F9N10O12. The molecule has 0 saturated carbocycles. The Morgan fingerprint density at radius 1 is 0.468 bits per heavy atom. The summed E-state index contributed by atoms with van der Waals surface area (Å²) < 4.78 is 124. The van der Waals surface area contributed by atoms with Crippen molar-refractivity contribution in [2.24, 2.45) is 26.2 Å². The number of hydrogen-bond acceptors (Lipinski definition) is 16. The molecule has 2 heterocycles. The summed E-state index contributed by atoms with van der Waals surface area (Å²) in [5, 5.41) is 37.0. The highest BCUT2D eigenvalue weighted by atomic mass is 19.4. The molecule has 2 aliphatic rings. The number of carboxylic acid groups (broad SMARTS) is 1. The number of unbranched alkanes of at least 4 members (excludes halogenated alkanes) is 6. The van der Waals surface area contributed by atoms with Crippen LogP contribution in [0.15, 0.2) is 209 Å². The summed E-state index contributed by atoms with van der Waals surface area (Å²) in [6.07, 6.45) is -7.94. The number of nitrogens with one attached hydrogen (secondary N) is 3. The second-order valence-corrected chi connectivity index (χ2v) is 27.0. The molecule has 111 heavy (non-hydrogen) atoms. The van der Waals surface area contributed by atoms with Gasteiger partial charge in [0.1, 0.15) is 24.4 Å². The summed E-state index contributed by atoms with van der Waals surface area (Å²) in [6, 6.07) is 53.7. The van der Waals surface area contributed by atoms with E-state index in [0.717, 1.165) is 42.4 Å². The number of carbonyl (C=O) groups is 8. The molecule has 5 amide bonds. The van der Waals surface area contributed by atoms with E-state index in [-0.39, 0.29) is 92.7 Å². The van der Waals surface area contributed by atoms with Gasteiger partial charge in [-0.2, -0.15) is 39.5 Å². The quantitative estimate of drug-likeness (QED) is 0.0121. The van der Waals surface area contributed by atoms with Crippen LogP contribution in [0, 0.1) is 0 Å². The highest BCUT2D eigenvalue weighted by molar-refractivity contribution is 5.97. The van der Waals surface area contributed by atoms with Gasteiger partial charge in [-0.05, 0) is 123 Å². The third kappa shape index (κ3) is 26.1. The van der Waals surface area contributed by atoms with Crippen molar-refractivity contribution in [2.75, 3.05) is 50.0 Å². The number of nitrogens with two attached hydrogens (primary N) is 1. The fourth-order valence-electron chi connectivity index (χ4n) is 11.5. The second-order valence-electron chi connectivity index (χ2n) is 27.0. The van der Waals surface area contributed by atoms with Crippen LogP contribution >= 0.6 is 0 Å². The number of Topliss-reactive ketones (excluding diaryl/α,β-unsaturated/α-hetero) is 2. The molecule has 7 aromatic carbocycles. The van der Waals surface area contributed by atoms with Gasteiger partial charge in [0.25, 0.3) is 11.8 Å². The molecule has 0 aliphatic carbocycles. The lowest BCUT2D eigenvalue weighted by Crippen LogP contribution is -2.40. The number of rotatable bonds is 36. The summed E-state index contributed by atoms with van der Waals surface area (Å²) in [7, 11) is 0. The van der Waals surface area contributed by atoms with Crippen molar-refractivity contribution >= 4 is 58.6 Å². The standard InChI is InChI=1S/C51H54F3N5O6.C27H32F3N5O4.C2HF3O2/c1-48(2,3)65-47(63)55-33-34-59(35-37-25-29-42(30-26-37)50(57-58-50)51(52,53)54)46(62)38-27-31-43(32-28-38)56-45(61)24-16-5-4-15-23-44(60)36-64-49(39-17-9-6-10-18-39,40-19-11-7-12-20-40)41-21-13-8-14-22-41;28-27(29,30)26(33-34-26)21-11-7-19(8-12-21)17-35(16-15-31)25(39)20-9-13-22(14-10-20)32-24(38)6-4-2-1-3-5-23(37)18-36;3-2(4,5)1(6)7/h6-14,17-22,25-32H,4-5,15-16,23-24,33-36H2,1-3H3,(H,55,63)(H,56,61);7-14,36H,1-6,15-18,31H2,(H,32,38);(H,6,7). The predicted octanol–water partition coefficient (Wildman–Crippen LogP) is 15.8. The van der Waals surface area contributed by atoms with E-state index in [0.29, 0.717) is 78.6 Å². The Morgan fingerprint density at radius 3 is 1.14 bits per heavy atom. The first-order valence-electron chi connectivity index (χ1n) is 35.6. The van der Waals surface area contributed by atoms with Gasteiger partial charge in [-0.25, -0.2) is 9.59 Å². The van der Waals surface area contributed by atoms with Crippen LogP contribution in [0.5, 0.6) is 0 Å². The van der Waals surface area contributed by atoms with Gasteiger partial charge in [-0.3, -0.25) is 28.8 Å². The minimum atomic E-state index is -5.08. The molecule has 22 nitrogen and oxygen atoms in total. The number of aliphatic hydroxyl groups excluding tert-OH is 1. The van der Waals surface area contributed by atoms with E-state index in [9.17, 15) is 73.1 Å². The molecule has 0 atom stereocenters. The minimum absolute atomic E-state index is 0.00407. The molecule has 7 aromatic rings. The van der Waals surface area contributed by atoms with Crippen LogP contribution < -0.4 is 21.7 Å². The lowest BCUT2D eigenvalue weighted by atomic mass is 9.80. The zero-order valence-corrected chi connectivity index (χ0v) is 61.2. The fourth-order valence-corrected chi connectivity index (χ4v) is 11.5. The fraction of sp³-hybridized carbons (Fsp3) is 0.375. The first-order valence-corrected chi connectivity index (χ1v) is 35.6. The van der Waals surface area contributed by atoms with Crippen molar-refractivity contribution in [1.29, 1.82) is 0 Å². The largest absolute Gasteiger partial charge is 0.490 e. The number of carboxylic acids is 1. The average Bonchev–Trinajstić information content (AvgIpc) is 1.52. The highest BCUT2D eigenvalue weighted by Gasteiger charge is 2.66. The average molecular weight is 1550 g/mol. The van der Waals surface area contributed by atoms with Gasteiger partial charge < -0.3 is 51.2 Å². The molecule has 592 valence electrons. The van der Waals surface area contributed by atoms with Crippen LogP contribution in [0.4, 0.5) is 55.7 Å². The van der Waals surface area contributed by atoms with Crippen molar-refractivity contribution in [3.63, 3.8) is 0 Å². The SMILES string of the molecule is CC(C)(C)OC(=O)NCCN(Cc1ccc(C2(C(F)(F)F)N=N2)cc1)C(=O)c1ccc(NC(=O)CCCCCCC(=O)COC(c2ccccc2)(c2ccccc2)c2ccccc2)cc1.NCCN(Cc1ccc(C2(C(F)(F)F)N=N2)cc1)C(=O)c1ccc(NC(=O)CCCCCCC(=O)CO)cc1.O=C(O)C(F)(F)F. The molecule has 0 saturated heterocycles. The van der Waals surface area contributed by atoms with Crippen molar-refractivity contribution in [2.45, 2.75) is 152 Å². The van der Waals surface area contributed by atoms with Gasteiger partial charge in [0.2, 0.25) is 11.8 Å². The maximum absolute atomic E-state index is 13.8. The number of ether oxygens (including phenoxy) is 2. The zero-order chi connectivity index (χ0) is 81.1. The molecule has 0 bridgehead atoms. The van der Waals surface area contributed by atoms with E-state index < -0.39 is 65.6 Å². The molecule has 7 N–H and O–H groups in total. The number of alkyl carbamates (subject to hydrolysis) is 1. The minimum Gasteiger partial charge on any atom is -0.475 e. The Kier molecular flexibility index (Phi) is 31.5. The first kappa shape index (κ1) is 87.2. The Labute approximate surface area is 635 Å². The van der Waals surface area contributed by atoms with E-state index in [4.69, 9.17) is 30.2 Å². The number of carbonyl (C=O) groups excluding carboxylic acids is 7. The predicted molar refractivity (Wildman–Crippen MR) is 392 cm³/mol. The summed E-state index contributed by atoms with van der Waals surface area (Å²) in [4.78, 5) is 100. The van der Waals surface area contributed by atoms with Crippen LogP contribution in [0.1, 0.15) is 157 Å². The number of amides is 5. The van der Waals surface area contributed by atoms with Gasteiger partial charge in [0.15, 0.2) is 11.6 Å². The second kappa shape index (κ2) is 40.1. The number of aliphatic hydroxyl groups is 1. The number of aliphatic carboxylic acids is 1. The van der Waals surface area contributed by atoms with Gasteiger partial charge in [-0.15, -0.1) is 20.5 Å². The van der Waals surface area contributed by atoms with Crippen LogP contribution in [0.2, 0.25) is 0 Å². The van der Waals surface area contributed by atoms with Gasteiger partial charge in [-0.1, -0.05) is 165 Å². The smallest absolute Gasteiger partial charge is 0.475 e. The molecule has 31 heteroatoms.